The van der Waals surface area contributed by atoms with Gasteiger partial charge in [0.15, 0.2) is 0 Å². The van der Waals surface area contributed by atoms with Gasteiger partial charge in [-0.3, -0.25) is 4.79 Å². The van der Waals surface area contributed by atoms with E-state index in [0.717, 1.165) is 31.2 Å². The van der Waals surface area contributed by atoms with Crippen LogP contribution in [-0.2, 0) is 20.9 Å². The molecule has 5 nitrogen and oxygen atoms in total. The van der Waals surface area contributed by atoms with Crippen LogP contribution in [0.25, 0.3) is 0 Å². The highest BCUT2D eigenvalue weighted by Gasteiger charge is 2.34. The maximum Gasteiger partial charge on any atom is 0.251 e. The Morgan fingerprint density at radius 3 is 2.60 bits per heavy atom. The lowest BCUT2D eigenvalue weighted by atomic mass is 10.1. The van der Waals surface area contributed by atoms with Crippen LogP contribution < -0.4 is 5.73 Å². The highest BCUT2D eigenvalue weighted by atomic mass is 35.5. The predicted octanol–water partition coefficient (Wildman–Crippen LogP) is 3.01. The van der Waals surface area contributed by atoms with Gasteiger partial charge in [-0.15, -0.1) is 0 Å². The second-order valence-electron chi connectivity index (χ2n) is 6.64. The number of amides is 1. The number of hydrogen-bond acceptors (Lipinski definition) is 4. The van der Waals surface area contributed by atoms with Crippen LogP contribution in [0, 0.1) is 0 Å². The molecular weight excluding hydrogens is 363 g/mol. The summed E-state index contributed by atoms with van der Waals surface area (Å²) >= 11 is 11.9. The first-order valence-electron chi connectivity index (χ1n) is 8.76. The van der Waals surface area contributed by atoms with Crippen LogP contribution in [0.4, 0.5) is 0 Å². The van der Waals surface area contributed by atoms with Crippen molar-refractivity contribution in [2.75, 3.05) is 19.6 Å². The zero-order valence-electron chi connectivity index (χ0n) is 14.1. The molecule has 2 aliphatic heterocycles. The van der Waals surface area contributed by atoms with Crippen LogP contribution in [0.3, 0.4) is 0 Å². The monoisotopic (exact) mass is 386 g/mol. The van der Waals surface area contributed by atoms with E-state index in [2.05, 4.69) is 0 Å². The number of halogens is 2. The van der Waals surface area contributed by atoms with E-state index in [-0.39, 0.29) is 24.2 Å². The van der Waals surface area contributed by atoms with E-state index in [0.29, 0.717) is 36.3 Å². The van der Waals surface area contributed by atoms with Crippen molar-refractivity contribution in [2.24, 2.45) is 5.73 Å². The van der Waals surface area contributed by atoms with Gasteiger partial charge in [-0.1, -0.05) is 29.3 Å². The van der Waals surface area contributed by atoms with Crippen LogP contribution in [0.2, 0.25) is 10.0 Å². The number of nitrogens with zero attached hydrogens (tertiary/aromatic N) is 1. The van der Waals surface area contributed by atoms with Crippen molar-refractivity contribution in [1.82, 2.24) is 4.90 Å². The van der Waals surface area contributed by atoms with Gasteiger partial charge in [0, 0.05) is 19.6 Å². The molecule has 2 atom stereocenters. The average molecular weight is 387 g/mol. The van der Waals surface area contributed by atoms with Gasteiger partial charge in [0.2, 0.25) is 0 Å². The van der Waals surface area contributed by atoms with E-state index in [1.165, 1.54) is 0 Å². The van der Waals surface area contributed by atoms with Gasteiger partial charge in [-0.25, -0.2) is 0 Å². The molecule has 7 heteroatoms. The van der Waals surface area contributed by atoms with E-state index in [1.807, 2.05) is 17.0 Å². The third-order valence-electron chi connectivity index (χ3n) is 4.87. The number of hydrogen-bond donors (Lipinski definition) is 1. The number of likely N-dealkylation sites (tertiary alicyclic amines) is 1. The molecule has 3 rings (SSSR count). The fourth-order valence-electron chi connectivity index (χ4n) is 3.35. The standard InChI is InChI=1S/C18H24Cl2N2O3/c19-15-3-1-12(9-16(15)20)11-24-13-5-7-22(8-6-13)18(23)17-4-2-14(10-21)25-17/h1,3,9,13-14,17H,2,4-8,10-11,21H2/t14-,17+/m1/s1. The molecule has 0 radical (unpaired) electrons. The summed E-state index contributed by atoms with van der Waals surface area (Å²) in [4.78, 5) is 14.4. The molecular formula is C18H24Cl2N2O3. The number of carbonyl (C=O) groups excluding carboxylic acids is 1. The summed E-state index contributed by atoms with van der Waals surface area (Å²) in [6.07, 6.45) is 3.17. The molecule has 0 aromatic heterocycles. The highest BCUT2D eigenvalue weighted by molar-refractivity contribution is 6.42. The smallest absolute Gasteiger partial charge is 0.251 e. The first-order chi connectivity index (χ1) is 12.1. The molecule has 0 aliphatic carbocycles. The Balaban J connectivity index is 1.42. The maximum atomic E-state index is 12.5. The normalized spacial score (nSPS) is 24.7. The van der Waals surface area contributed by atoms with Gasteiger partial charge >= 0.3 is 0 Å². The molecule has 2 N–H and O–H groups in total. The van der Waals surface area contributed by atoms with Crippen LogP contribution >= 0.6 is 23.2 Å². The lowest BCUT2D eigenvalue weighted by molar-refractivity contribution is -0.145. The minimum atomic E-state index is -0.317. The molecule has 0 bridgehead atoms. The largest absolute Gasteiger partial charge is 0.373 e. The van der Waals surface area contributed by atoms with Crippen LogP contribution in [0.1, 0.15) is 31.2 Å². The molecule has 1 aromatic rings. The number of piperidine rings is 1. The summed E-state index contributed by atoms with van der Waals surface area (Å²) in [6, 6.07) is 5.52. The van der Waals surface area contributed by atoms with Crippen LogP contribution in [0.5, 0.6) is 0 Å². The van der Waals surface area contributed by atoms with E-state index >= 15 is 0 Å². The van der Waals surface area contributed by atoms with Crippen molar-refractivity contribution < 1.29 is 14.3 Å². The number of benzene rings is 1. The molecule has 0 spiro atoms. The second kappa shape index (κ2) is 8.69. The number of nitrogens with two attached hydrogens (primary N) is 1. The Bertz CT molecular complexity index is 606. The molecule has 0 saturated carbocycles. The summed E-state index contributed by atoms with van der Waals surface area (Å²) in [5.74, 6) is 0.0962. The summed E-state index contributed by atoms with van der Waals surface area (Å²) in [5, 5.41) is 1.08. The zero-order chi connectivity index (χ0) is 17.8. The third kappa shape index (κ3) is 4.86. The van der Waals surface area contributed by atoms with Gasteiger partial charge < -0.3 is 20.1 Å². The van der Waals surface area contributed by atoms with Crippen molar-refractivity contribution in [1.29, 1.82) is 0 Å². The predicted molar refractivity (Wildman–Crippen MR) is 97.8 cm³/mol. The number of rotatable bonds is 5. The summed E-state index contributed by atoms with van der Waals surface area (Å²) in [7, 11) is 0. The quantitative estimate of drug-likeness (QED) is 0.844. The van der Waals surface area contributed by atoms with Crippen molar-refractivity contribution in [3.05, 3.63) is 33.8 Å². The SMILES string of the molecule is NC[C@H]1CC[C@@H](C(=O)N2CCC(OCc3ccc(Cl)c(Cl)c3)CC2)O1. The third-order valence-corrected chi connectivity index (χ3v) is 5.61. The Kier molecular flexibility index (Phi) is 6.58. The molecule has 25 heavy (non-hydrogen) atoms. The Morgan fingerprint density at radius 1 is 1.20 bits per heavy atom. The Morgan fingerprint density at radius 2 is 1.96 bits per heavy atom. The van der Waals surface area contributed by atoms with Gasteiger partial charge in [-0.05, 0) is 43.4 Å². The fourth-order valence-corrected chi connectivity index (χ4v) is 3.67. The molecule has 2 saturated heterocycles. The minimum absolute atomic E-state index is 0.0287. The second-order valence-corrected chi connectivity index (χ2v) is 7.46. The first-order valence-corrected chi connectivity index (χ1v) is 9.52. The van der Waals surface area contributed by atoms with E-state index in [1.54, 1.807) is 6.07 Å². The summed E-state index contributed by atoms with van der Waals surface area (Å²) < 4.78 is 11.7. The topological polar surface area (TPSA) is 64.8 Å². The van der Waals surface area contributed by atoms with E-state index in [4.69, 9.17) is 38.4 Å². The van der Waals surface area contributed by atoms with Crippen LogP contribution in [0.15, 0.2) is 18.2 Å². The molecule has 0 unspecified atom stereocenters. The molecule has 1 aromatic carbocycles. The van der Waals surface area contributed by atoms with Crippen molar-refractivity contribution in [3.8, 4) is 0 Å². The number of ether oxygens (including phenoxy) is 2. The molecule has 1 amide bonds. The van der Waals surface area contributed by atoms with Crippen molar-refractivity contribution >= 4 is 29.1 Å². The van der Waals surface area contributed by atoms with E-state index in [9.17, 15) is 4.79 Å². The van der Waals surface area contributed by atoms with Gasteiger partial charge in [0.25, 0.3) is 5.91 Å². The first kappa shape index (κ1) is 18.9. The van der Waals surface area contributed by atoms with Crippen molar-refractivity contribution in [2.45, 2.75) is 50.6 Å². The molecule has 138 valence electrons. The lowest BCUT2D eigenvalue weighted by Crippen LogP contribution is -2.45. The molecule has 2 fully saturated rings. The molecule has 2 aliphatic rings. The number of carbonyl (C=O) groups is 1. The van der Waals surface area contributed by atoms with E-state index < -0.39 is 0 Å². The maximum absolute atomic E-state index is 12.5. The van der Waals surface area contributed by atoms with Gasteiger partial charge in [0.05, 0.1) is 28.9 Å². The highest BCUT2D eigenvalue weighted by Crippen LogP contribution is 2.25. The summed E-state index contributed by atoms with van der Waals surface area (Å²) in [5.41, 5.74) is 6.61. The zero-order valence-corrected chi connectivity index (χ0v) is 15.6. The Hall–Kier alpha value is -0.850. The average Bonchev–Trinajstić information content (AvgIpc) is 3.12. The fraction of sp³-hybridized carbons (Fsp3) is 0.611. The van der Waals surface area contributed by atoms with Gasteiger partial charge in [-0.2, -0.15) is 0 Å². The summed E-state index contributed by atoms with van der Waals surface area (Å²) in [6.45, 7) is 2.39. The van der Waals surface area contributed by atoms with Crippen molar-refractivity contribution in [3.63, 3.8) is 0 Å². The lowest BCUT2D eigenvalue weighted by Gasteiger charge is -2.33. The van der Waals surface area contributed by atoms with Crippen LogP contribution in [-0.4, -0.2) is 48.8 Å². The molecule has 2 heterocycles. The van der Waals surface area contributed by atoms with Gasteiger partial charge in [0.1, 0.15) is 6.10 Å². The minimum Gasteiger partial charge on any atom is -0.373 e. The Labute approximate surface area is 158 Å².